The van der Waals surface area contributed by atoms with Gasteiger partial charge in [-0.25, -0.2) is 0 Å². The smallest absolute Gasteiger partial charge is 0.0468 e. The Labute approximate surface area is 367 Å². The summed E-state index contributed by atoms with van der Waals surface area (Å²) in [5.74, 6) is 0. The molecule has 0 atom stereocenters. The largest absolute Gasteiger partial charge is 0.310 e. The van der Waals surface area contributed by atoms with Gasteiger partial charge in [-0.15, -0.1) is 0 Å². The molecule has 12 rings (SSSR count). The molecule has 0 spiro atoms. The van der Waals surface area contributed by atoms with Gasteiger partial charge >= 0.3 is 0 Å². The Kier molecular flexibility index (Phi) is 8.90. The van der Waals surface area contributed by atoms with E-state index in [-0.39, 0.29) is 0 Å². The van der Waals surface area contributed by atoms with Crippen molar-refractivity contribution in [3.8, 4) is 44.5 Å². The van der Waals surface area contributed by atoms with Crippen LogP contribution >= 0.6 is 0 Å². The van der Waals surface area contributed by atoms with E-state index in [0.29, 0.717) is 0 Å². The fraction of sp³-hybridized carbons (Fsp3) is 0. The number of para-hydroxylation sites is 1. The molecular formula is C62H41N. The molecule has 0 amide bonds. The molecule has 0 fully saturated rings. The molecular weight excluding hydrogens is 759 g/mol. The minimum atomic E-state index is 1.11. The summed E-state index contributed by atoms with van der Waals surface area (Å²) >= 11 is 0. The Hall–Kier alpha value is -8.26. The van der Waals surface area contributed by atoms with Gasteiger partial charge in [0.25, 0.3) is 0 Å². The van der Waals surface area contributed by atoms with Crippen molar-refractivity contribution >= 4 is 70.9 Å². The summed E-state index contributed by atoms with van der Waals surface area (Å²) in [5, 5.41) is 12.4. The van der Waals surface area contributed by atoms with Gasteiger partial charge in [-0.2, -0.15) is 0 Å². The summed E-state index contributed by atoms with van der Waals surface area (Å²) in [5.41, 5.74) is 13.1. The number of benzene rings is 12. The van der Waals surface area contributed by atoms with Crippen molar-refractivity contribution < 1.29 is 0 Å². The number of nitrogens with zero attached hydrogens (tertiary/aromatic N) is 1. The molecule has 0 N–H and O–H groups in total. The molecule has 12 aromatic carbocycles. The normalized spacial score (nSPS) is 11.5. The van der Waals surface area contributed by atoms with Crippen molar-refractivity contribution in [3.63, 3.8) is 0 Å². The number of rotatable bonds is 7. The van der Waals surface area contributed by atoms with Gasteiger partial charge in [-0.1, -0.05) is 206 Å². The molecule has 294 valence electrons. The molecule has 0 aromatic heterocycles. The predicted molar refractivity (Wildman–Crippen MR) is 270 cm³/mol. The third-order valence-electron chi connectivity index (χ3n) is 12.8. The van der Waals surface area contributed by atoms with Crippen LogP contribution in [0.3, 0.4) is 0 Å². The second-order valence-corrected chi connectivity index (χ2v) is 16.4. The standard InChI is InChI=1S/C62H41N/c1-4-18-44(19-5-1)57-41-58(45-20-6-2-7-21-45)61-56-38-37-51(63(49-25-8-3-9-26-49)50-36-35-42-17-10-11-23-48(42)39-50)40-59(56)54-28-14-15-29-55(54)62(61)60(57)47-33-31-46(32-34-47)53-30-16-24-43-22-12-13-27-52(43)53/h1-41H. The van der Waals surface area contributed by atoms with Crippen LogP contribution in [-0.4, -0.2) is 0 Å². The molecule has 63 heavy (non-hydrogen) atoms. The minimum absolute atomic E-state index is 1.11. The second kappa shape index (κ2) is 15.3. The Bertz CT molecular complexity index is 3640. The van der Waals surface area contributed by atoms with E-state index in [1.165, 1.54) is 98.4 Å². The topological polar surface area (TPSA) is 3.24 Å². The highest BCUT2D eigenvalue weighted by atomic mass is 15.1. The van der Waals surface area contributed by atoms with Gasteiger partial charge in [0, 0.05) is 17.1 Å². The molecule has 1 nitrogen and oxygen atoms in total. The van der Waals surface area contributed by atoms with Crippen molar-refractivity contribution in [2.75, 3.05) is 4.90 Å². The quantitative estimate of drug-likeness (QED) is 0.145. The highest BCUT2D eigenvalue weighted by Gasteiger charge is 2.23. The van der Waals surface area contributed by atoms with Crippen molar-refractivity contribution in [1.29, 1.82) is 0 Å². The lowest BCUT2D eigenvalue weighted by molar-refractivity contribution is 1.29. The molecule has 0 bridgehead atoms. The monoisotopic (exact) mass is 799 g/mol. The van der Waals surface area contributed by atoms with E-state index < -0.39 is 0 Å². The Morgan fingerprint density at radius 3 is 1.49 bits per heavy atom. The number of fused-ring (bicyclic) bond motifs is 8. The van der Waals surface area contributed by atoms with Crippen LogP contribution in [0.4, 0.5) is 17.1 Å². The third-order valence-corrected chi connectivity index (χ3v) is 12.8. The van der Waals surface area contributed by atoms with Crippen molar-refractivity contribution in [2.24, 2.45) is 0 Å². The lowest BCUT2D eigenvalue weighted by Gasteiger charge is -2.27. The Morgan fingerprint density at radius 2 is 0.746 bits per heavy atom. The lowest BCUT2D eigenvalue weighted by atomic mass is 9.81. The summed E-state index contributed by atoms with van der Waals surface area (Å²) in [6.45, 7) is 0. The molecule has 0 unspecified atom stereocenters. The molecule has 0 radical (unpaired) electrons. The molecule has 0 aliphatic rings. The second-order valence-electron chi connectivity index (χ2n) is 16.4. The third kappa shape index (κ3) is 6.33. The first kappa shape index (κ1) is 36.6. The van der Waals surface area contributed by atoms with Crippen LogP contribution in [0.5, 0.6) is 0 Å². The van der Waals surface area contributed by atoms with Gasteiger partial charge < -0.3 is 4.90 Å². The molecule has 0 saturated carbocycles. The van der Waals surface area contributed by atoms with Crippen LogP contribution in [-0.2, 0) is 0 Å². The van der Waals surface area contributed by atoms with Crippen LogP contribution in [0.15, 0.2) is 249 Å². The Balaban J connectivity index is 1.16. The Morgan fingerprint density at radius 1 is 0.222 bits per heavy atom. The van der Waals surface area contributed by atoms with Gasteiger partial charge in [-0.05, 0) is 141 Å². The van der Waals surface area contributed by atoms with E-state index in [4.69, 9.17) is 0 Å². The van der Waals surface area contributed by atoms with Gasteiger partial charge in [-0.3, -0.25) is 0 Å². The fourth-order valence-corrected chi connectivity index (χ4v) is 9.90. The van der Waals surface area contributed by atoms with E-state index in [0.717, 1.165) is 17.1 Å². The van der Waals surface area contributed by atoms with E-state index in [2.05, 4.69) is 254 Å². The maximum Gasteiger partial charge on any atom is 0.0468 e. The molecule has 1 heteroatoms. The minimum Gasteiger partial charge on any atom is -0.310 e. The molecule has 0 heterocycles. The average molecular weight is 800 g/mol. The van der Waals surface area contributed by atoms with E-state index >= 15 is 0 Å². The zero-order valence-electron chi connectivity index (χ0n) is 34.6. The highest BCUT2D eigenvalue weighted by molar-refractivity contribution is 6.33. The van der Waals surface area contributed by atoms with Crippen LogP contribution in [0, 0.1) is 0 Å². The summed E-state index contributed by atoms with van der Waals surface area (Å²) in [6, 6.07) is 91.2. The highest BCUT2D eigenvalue weighted by Crippen LogP contribution is 2.50. The summed E-state index contributed by atoms with van der Waals surface area (Å²) in [6.07, 6.45) is 0. The first-order valence-corrected chi connectivity index (χ1v) is 21.8. The number of anilines is 3. The lowest BCUT2D eigenvalue weighted by Crippen LogP contribution is -2.09. The van der Waals surface area contributed by atoms with Crippen LogP contribution in [0.25, 0.3) is 98.4 Å². The number of hydrogen-bond acceptors (Lipinski definition) is 1. The molecule has 12 aromatic rings. The van der Waals surface area contributed by atoms with E-state index in [1.54, 1.807) is 0 Å². The van der Waals surface area contributed by atoms with Crippen molar-refractivity contribution in [3.05, 3.63) is 249 Å². The van der Waals surface area contributed by atoms with Crippen LogP contribution in [0.2, 0.25) is 0 Å². The molecule has 0 aliphatic heterocycles. The number of hydrogen-bond donors (Lipinski definition) is 0. The maximum absolute atomic E-state index is 2.45. The van der Waals surface area contributed by atoms with Crippen LogP contribution in [0.1, 0.15) is 0 Å². The summed E-state index contributed by atoms with van der Waals surface area (Å²) in [4.78, 5) is 2.39. The van der Waals surface area contributed by atoms with Gasteiger partial charge in [0.2, 0.25) is 0 Å². The summed E-state index contributed by atoms with van der Waals surface area (Å²) in [7, 11) is 0. The zero-order valence-corrected chi connectivity index (χ0v) is 34.6. The molecule has 0 saturated heterocycles. The zero-order chi connectivity index (χ0) is 41.7. The predicted octanol–water partition coefficient (Wildman–Crippen LogP) is 17.6. The van der Waals surface area contributed by atoms with Crippen molar-refractivity contribution in [2.45, 2.75) is 0 Å². The maximum atomic E-state index is 2.45. The van der Waals surface area contributed by atoms with E-state index in [9.17, 15) is 0 Å². The van der Waals surface area contributed by atoms with E-state index in [1.807, 2.05) is 0 Å². The van der Waals surface area contributed by atoms with Gasteiger partial charge in [0.15, 0.2) is 0 Å². The fourth-order valence-electron chi connectivity index (χ4n) is 9.90. The molecule has 0 aliphatic carbocycles. The van der Waals surface area contributed by atoms with Crippen molar-refractivity contribution in [1.82, 2.24) is 0 Å². The first-order valence-electron chi connectivity index (χ1n) is 21.8. The summed E-state index contributed by atoms with van der Waals surface area (Å²) < 4.78 is 0. The first-order chi connectivity index (χ1) is 31.3. The van der Waals surface area contributed by atoms with Gasteiger partial charge in [0.05, 0.1) is 0 Å². The SMILES string of the molecule is c1ccc(-c2cc(-c3ccccc3)c3c4ccc(N(c5ccccc5)c5ccc6ccccc6c5)cc4c4ccccc4c3c2-c2ccc(-c3cccc4ccccc34)cc2)cc1. The van der Waals surface area contributed by atoms with Crippen LogP contribution < -0.4 is 4.90 Å². The van der Waals surface area contributed by atoms with Gasteiger partial charge in [0.1, 0.15) is 0 Å². The average Bonchev–Trinajstić information content (AvgIpc) is 3.36.